The summed E-state index contributed by atoms with van der Waals surface area (Å²) in [7, 11) is -3.47. The Balaban J connectivity index is 1.94. The summed E-state index contributed by atoms with van der Waals surface area (Å²) >= 11 is 1.59. The molecule has 0 amide bonds. The molecular formula is C22H21NO2S2. The molecule has 1 unspecified atom stereocenters. The van der Waals surface area contributed by atoms with E-state index >= 15 is 0 Å². The third kappa shape index (κ3) is 3.42. The van der Waals surface area contributed by atoms with Crippen LogP contribution in [0.5, 0.6) is 0 Å². The first-order valence-corrected chi connectivity index (χ1v) is 11.8. The quantitative estimate of drug-likeness (QED) is 0.561. The number of sulfone groups is 1. The molecule has 0 spiro atoms. The molecule has 0 saturated heterocycles. The number of hydrogen-bond acceptors (Lipinski definition) is 4. The lowest BCUT2D eigenvalue weighted by atomic mass is 9.88. The molecule has 0 N–H and O–H groups in total. The van der Waals surface area contributed by atoms with Crippen molar-refractivity contribution >= 4 is 21.6 Å². The first-order valence-electron chi connectivity index (χ1n) is 9.03. The molecule has 1 heterocycles. The summed E-state index contributed by atoms with van der Waals surface area (Å²) < 4.78 is 26.9. The molecule has 1 aliphatic rings. The highest BCUT2D eigenvalue weighted by molar-refractivity contribution is 7.98. The number of thioether (sulfide) groups is 1. The highest BCUT2D eigenvalue weighted by Crippen LogP contribution is 2.44. The van der Waals surface area contributed by atoms with E-state index in [0.29, 0.717) is 11.3 Å². The molecule has 3 aromatic rings. The lowest BCUT2D eigenvalue weighted by Gasteiger charge is -2.28. The fourth-order valence-corrected chi connectivity index (χ4v) is 6.13. The number of pyridine rings is 1. The van der Waals surface area contributed by atoms with Gasteiger partial charge in [0.25, 0.3) is 0 Å². The molecule has 0 radical (unpaired) electrons. The van der Waals surface area contributed by atoms with Crippen LogP contribution in [0.3, 0.4) is 0 Å². The number of nitrogens with zero attached hydrogens (tertiary/aromatic N) is 1. The van der Waals surface area contributed by atoms with Gasteiger partial charge in [0.1, 0.15) is 0 Å². The molecule has 5 heteroatoms. The molecule has 2 aromatic carbocycles. The van der Waals surface area contributed by atoms with Crippen molar-refractivity contribution < 1.29 is 8.42 Å². The molecule has 0 bridgehead atoms. The van der Waals surface area contributed by atoms with Crippen LogP contribution in [0.4, 0.5) is 0 Å². The van der Waals surface area contributed by atoms with Crippen LogP contribution in [0, 0.1) is 0 Å². The van der Waals surface area contributed by atoms with Crippen molar-refractivity contribution in [3.05, 3.63) is 77.9 Å². The maximum absolute atomic E-state index is 13.5. The van der Waals surface area contributed by atoms with E-state index in [1.54, 1.807) is 36.0 Å². The Morgan fingerprint density at radius 1 is 1.00 bits per heavy atom. The van der Waals surface area contributed by atoms with E-state index in [-0.39, 0.29) is 0 Å². The fraction of sp³-hybridized carbons (Fsp3) is 0.227. The third-order valence-electron chi connectivity index (χ3n) is 5.06. The SMILES string of the molecule is CSc1cc2c(c(-c3ccccc3)n1)C(S(=O)(=O)c1ccccc1)CCC2. The standard InChI is InChI=1S/C22H21NO2S2/c1-26-20-15-17-11-8-14-19(27(24,25)18-12-6-3-7-13-18)21(17)22(23-20)16-9-4-2-5-10-16/h2-7,9-10,12-13,15,19H,8,11,14H2,1H3. The van der Waals surface area contributed by atoms with Gasteiger partial charge in [0.05, 0.1) is 20.9 Å². The fourth-order valence-electron chi connectivity index (χ4n) is 3.78. The smallest absolute Gasteiger partial charge is 0.185 e. The van der Waals surface area contributed by atoms with Crippen LogP contribution in [-0.4, -0.2) is 19.7 Å². The second-order valence-corrected chi connectivity index (χ2v) is 9.65. The molecule has 1 aromatic heterocycles. The second kappa shape index (κ2) is 7.49. The van der Waals surface area contributed by atoms with Gasteiger partial charge in [-0.25, -0.2) is 13.4 Å². The molecule has 138 valence electrons. The molecule has 1 atom stereocenters. The Kier molecular flexibility index (Phi) is 5.06. The lowest BCUT2D eigenvalue weighted by molar-refractivity contribution is 0.559. The predicted molar refractivity (Wildman–Crippen MR) is 111 cm³/mol. The number of hydrogen-bond donors (Lipinski definition) is 0. The van der Waals surface area contributed by atoms with Gasteiger partial charge in [-0.15, -0.1) is 11.8 Å². The lowest BCUT2D eigenvalue weighted by Crippen LogP contribution is -2.21. The highest BCUT2D eigenvalue weighted by atomic mass is 32.2. The van der Waals surface area contributed by atoms with Crippen LogP contribution in [-0.2, 0) is 16.3 Å². The van der Waals surface area contributed by atoms with Crippen LogP contribution in [0.15, 0.2) is 76.7 Å². The summed E-state index contributed by atoms with van der Waals surface area (Å²) in [5.41, 5.74) is 3.78. The van der Waals surface area contributed by atoms with Crippen LogP contribution in [0.2, 0.25) is 0 Å². The zero-order valence-corrected chi connectivity index (χ0v) is 16.8. The van der Waals surface area contributed by atoms with E-state index in [1.165, 1.54) is 0 Å². The van der Waals surface area contributed by atoms with Crippen molar-refractivity contribution in [3.63, 3.8) is 0 Å². The van der Waals surface area contributed by atoms with Gasteiger partial charge in [-0.05, 0) is 49.3 Å². The molecular weight excluding hydrogens is 374 g/mol. The Hall–Kier alpha value is -2.11. The van der Waals surface area contributed by atoms with Gasteiger partial charge >= 0.3 is 0 Å². The van der Waals surface area contributed by atoms with Crippen molar-refractivity contribution in [2.24, 2.45) is 0 Å². The largest absolute Gasteiger partial charge is 0.241 e. The first kappa shape index (κ1) is 18.3. The van der Waals surface area contributed by atoms with E-state index in [2.05, 4.69) is 6.07 Å². The molecule has 27 heavy (non-hydrogen) atoms. The number of rotatable bonds is 4. The van der Waals surface area contributed by atoms with Gasteiger partial charge in [0.15, 0.2) is 9.84 Å². The van der Waals surface area contributed by atoms with Crippen molar-refractivity contribution in [3.8, 4) is 11.3 Å². The summed E-state index contributed by atoms with van der Waals surface area (Å²) in [5, 5.41) is 0.382. The molecule has 4 rings (SSSR count). The molecule has 1 aliphatic carbocycles. The Labute approximate surface area is 164 Å². The van der Waals surface area contributed by atoms with E-state index in [1.807, 2.05) is 42.7 Å². The van der Waals surface area contributed by atoms with E-state index < -0.39 is 15.1 Å². The zero-order chi connectivity index (χ0) is 18.9. The second-order valence-electron chi connectivity index (χ2n) is 6.69. The van der Waals surface area contributed by atoms with Gasteiger partial charge < -0.3 is 0 Å². The van der Waals surface area contributed by atoms with Gasteiger partial charge in [0, 0.05) is 11.1 Å². The summed E-state index contributed by atoms with van der Waals surface area (Å²) in [6.07, 6.45) is 4.40. The highest BCUT2D eigenvalue weighted by Gasteiger charge is 2.35. The number of aryl methyl sites for hydroxylation is 1. The topological polar surface area (TPSA) is 47.0 Å². The summed E-state index contributed by atoms with van der Waals surface area (Å²) in [6, 6.07) is 20.8. The van der Waals surface area contributed by atoms with Crippen molar-refractivity contribution in [1.82, 2.24) is 4.98 Å². The monoisotopic (exact) mass is 395 g/mol. The van der Waals surface area contributed by atoms with Crippen molar-refractivity contribution in [2.45, 2.75) is 34.4 Å². The maximum Gasteiger partial charge on any atom is 0.185 e. The molecule has 0 fully saturated rings. The minimum atomic E-state index is -3.47. The average Bonchev–Trinajstić information content (AvgIpc) is 2.73. The van der Waals surface area contributed by atoms with Crippen molar-refractivity contribution in [1.29, 1.82) is 0 Å². The average molecular weight is 396 g/mol. The minimum Gasteiger partial charge on any atom is -0.241 e. The van der Waals surface area contributed by atoms with E-state index in [9.17, 15) is 8.42 Å². The summed E-state index contributed by atoms with van der Waals surface area (Å²) in [6.45, 7) is 0. The van der Waals surface area contributed by atoms with Gasteiger partial charge in [-0.1, -0.05) is 48.5 Å². The van der Waals surface area contributed by atoms with E-state index in [4.69, 9.17) is 4.98 Å². The summed E-state index contributed by atoms with van der Waals surface area (Å²) in [5.74, 6) is 0. The van der Waals surface area contributed by atoms with Crippen molar-refractivity contribution in [2.75, 3.05) is 6.26 Å². The Morgan fingerprint density at radius 3 is 2.33 bits per heavy atom. The van der Waals surface area contributed by atoms with Crippen LogP contribution < -0.4 is 0 Å². The van der Waals surface area contributed by atoms with Crippen LogP contribution >= 0.6 is 11.8 Å². The normalized spacial score (nSPS) is 16.7. The number of benzene rings is 2. The van der Waals surface area contributed by atoms with Gasteiger partial charge in [-0.2, -0.15) is 0 Å². The molecule has 3 nitrogen and oxygen atoms in total. The first-order chi connectivity index (χ1) is 13.1. The minimum absolute atomic E-state index is 0.385. The number of aromatic nitrogens is 1. The maximum atomic E-state index is 13.5. The Morgan fingerprint density at radius 2 is 1.67 bits per heavy atom. The Bertz CT molecular complexity index is 1050. The van der Waals surface area contributed by atoms with Crippen LogP contribution in [0.25, 0.3) is 11.3 Å². The van der Waals surface area contributed by atoms with E-state index in [0.717, 1.165) is 40.3 Å². The van der Waals surface area contributed by atoms with Gasteiger partial charge in [0.2, 0.25) is 0 Å². The third-order valence-corrected chi connectivity index (χ3v) is 7.84. The van der Waals surface area contributed by atoms with Gasteiger partial charge in [-0.3, -0.25) is 0 Å². The molecule has 0 aliphatic heterocycles. The predicted octanol–water partition coefficient (Wildman–Crippen LogP) is 5.32. The zero-order valence-electron chi connectivity index (χ0n) is 15.1. The van der Waals surface area contributed by atoms with Crippen LogP contribution in [0.1, 0.15) is 29.2 Å². The summed E-state index contributed by atoms with van der Waals surface area (Å²) in [4.78, 5) is 5.22. The molecule has 0 saturated carbocycles. The number of fused-ring (bicyclic) bond motifs is 1.